The molecule has 0 aliphatic rings. The molecule has 0 aliphatic carbocycles. The molecule has 3 aromatic rings. The maximum absolute atomic E-state index is 14.6. The predicted molar refractivity (Wildman–Crippen MR) is 118 cm³/mol. The van der Waals surface area contributed by atoms with Crippen LogP contribution in [-0.4, -0.2) is 6.21 Å². The van der Waals surface area contributed by atoms with Crippen molar-refractivity contribution < 1.29 is 4.39 Å². The van der Waals surface area contributed by atoms with Crippen LogP contribution in [0, 0.1) is 5.82 Å². The van der Waals surface area contributed by atoms with Crippen LogP contribution in [0.1, 0.15) is 36.5 Å². The van der Waals surface area contributed by atoms with Gasteiger partial charge in [-0.05, 0) is 53.6 Å². The molecule has 0 amide bonds. The third-order valence-corrected chi connectivity index (χ3v) is 4.74. The van der Waals surface area contributed by atoms with E-state index in [9.17, 15) is 4.39 Å². The lowest BCUT2D eigenvalue weighted by Gasteiger charge is -2.06. The van der Waals surface area contributed by atoms with E-state index in [0.717, 1.165) is 36.8 Å². The molecular weight excluding hydrogens is 345 g/mol. The minimum absolute atomic E-state index is 0.252. The molecule has 0 unspecified atom stereocenters. The third-order valence-electron chi connectivity index (χ3n) is 4.74. The number of aliphatic imine (C=N–C) groups is 1. The molecule has 0 saturated heterocycles. The SMILES string of the molecule is C=CCCc1ccc(C=Nc2ccc(-c3ccc(CCC)cc3)c(F)c2)cc1. The van der Waals surface area contributed by atoms with Crippen LogP contribution in [0.4, 0.5) is 10.1 Å². The first kappa shape index (κ1) is 19.8. The Labute approximate surface area is 167 Å². The topological polar surface area (TPSA) is 12.4 Å². The Kier molecular flexibility index (Phi) is 6.91. The van der Waals surface area contributed by atoms with Gasteiger partial charge in [0, 0.05) is 17.8 Å². The zero-order valence-corrected chi connectivity index (χ0v) is 16.4. The molecule has 0 fully saturated rings. The summed E-state index contributed by atoms with van der Waals surface area (Å²) in [4.78, 5) is 4.42. The van der Waals surface area contributed by atoms with Gasteiger partial charge in [-0.25, -0.2) is 4.39 Å². The van der Waals surface area contributed by atoms with Gasteiger partial charge in [-0.1, -0.05) is 68.0 Å². The first-order valence-corrected chi connectivity index (χ1v) is 9.82. The quantitative estimate of drug-likeness (QED) is 0.291. The molecule has 142 valence electrons. The molecule has 3 rings (SSSR count). The van der Waals surface area contributed by atoms with Gasteiger partial charge in [-0.15, -0.1) is 6.58 Å². The van der Waals surface area contributed by atoms with E-state index >= 15 is 0 Å². The van der Waals surface area contributed by atoms with Gasteiger partial charge < -0.3 is 0 Å². The average molecular weight is 371 g/mol. The van der Waals surface area contributed by atoms with Crippen molar-refractivity contribution >= 4 is 11.9 Å². The smallest absolute Gasteiger partial charge is 0.133 e. The lowest BCUT2D eigenvalue weighted by molar-refractivity contribution is 0.631. The predicted octanol–water partition coefficient (Wildman–Crippen LogP) is 7.31. The molecule has 0 aromatic heterocycles. The van der Waals surface area contributed by atoms with E-state index in [-0.39, 0.29) is 5.82 Å². The van der Waals surface area contributed by atoms with Crippen molar-refractivity contribution in [1.29, 1.82) is 0 Å². The molecule has 0 bridgehead atoms. The maximum Gasteiger partial charge on any atom is 0.133 e. The molecule has 0 heterocycles. The summed E-state index contributed by atoms with van der Waals surface area (Å²) in [6, 6.07) is 21.5. The Bertz CT molecular complexity index is 937. The number of hydrogen-bond donors (Lipinski definition) is 0. The highest BCUT2D eigenvalue weighted by molar-refractivity contribution is 5.82. The van der Waals surface area contributed by atoms with Crippen LogP contribution in [-0.2, 0) is 12.8 Å². The van der Waals surface area contributed by atoms with Gasteiger partial charge in [-0.2, -0.15) is 0 Å². The molecule has 0 radical (unpaired) electrons. The summed E-state index contributed by atoms with van der Waals surface area (Å²) < 4.78 is 14.6. The number of benzene rings is 3. The standard InChI is InChI=1S/C26H26FN/c1-3-5-7-21-8-10-22(11-9-21)19-28-24-16-17-25(26(27)18-24)23-14-12-20(6-4-2)13-15-23/h3,8-19H,1,4-7H2,2H3. The van der Waals surface area contributed by atoms with Gasteiger partial charge >= 0.3 is 0 Å². The molecule has 0 N–H and O–H groups in total. The average Bonchev–Trinajstić information content (AvgIpc) is 2.72. The van der Waals surface area contributed by atoms with E-state index in [2.05, 4.69) is 42.8 Å². The van der Waals surface area contributed by atoms with E-state index in [0.29, 0.717) is 11.3 Å². The number of aryl methyl sites for hydroxylation is 2. The van der Waals surface area contributed by atoms with Crippen LogP contribution in [0.3, 0.4) is 0 Å². The van der Waals surface area contributed by atoms with Crippen molar-refractivity contribution in [2.45, 2.75) is 32.6 Å². The fourth-order valence-electron chi connectivity index (χ4n) is 3.15. The van der Waals surface area contributed by atoms with Crippen LogP contribution in [0.25, 0.3) is 11.1 Å². The summed E-state index contributed by atoms with van der Waals surface area (Å²) >= 11 is 0. The molecule has 3 aromatic carbocycles. The lowest BCUT2D eigenvalue weighted by Crippen LogP contribution is -1.87. The number of rotatable bonds is 8. The van der Waals surface area contributed by atoms with Crippen molar-refractivity contribution in [3.8, 4) is 11.1 Å². The van der Waals surface area contributed by atoms with Crippen LogP contribution in [0.15, 0.2) is 84.4 Å². The number of hydrogen-bond acceptors (Lipinski definition) is 1. The Balaban J connectivity index is 1.71. The van der Waals surface area contributed by atoms with Gasteiger partial charge in [0.2, 0.25) is 0 Å². The van der Waals surface area contributed by atoms with E-state index in [1.807, 2.05) is 36.4 Å². The summed E-state index contributed by atoms with van der Waals surface area (Å²) in [5.74, 6) is -0.252. The van der Waals surface area contributed by atoms with Gasteiger partial charge in [0.1, 0.15) is 5.82 Å². The normalized spacial score (nSPS) is 11.1. The van der Waals surface area contributed by atoms with Gasteiger partial charge in [0.15, 0.2) is 0 Å². The molecule has 0 saturated carbocycles. The highest BCUT2D eigenvalue weighted by Crippen LogP contribution is 2.27. The first-order valence-electron chi connectivity index (χ1n) is 9.82. The van der Waals surface area contributed by atoms with Crippen molar-refractivity contribution in [3.63, 3.8) is 0 Å². The Morgan fingerprint density at radius 3 is 2.21 bits per heavy atom. The monoisotopic (exact) mass is 371 g/mol. The van der Waals surface area contributed by atoms with Crippen LogP contribution in [0.2, 0.25) is 0 Å². The first-order chi connectivity index (χ1) is 13.7. The zero-order valence-electron chi connectivity index (χ0n) is 16.4. The van der Waals surface area contributed by atoms with E-state index in [4.69, 9.17) is 0 Å². The summed E-state index contributed by atoms with van der Waals surface area (Å²) in [6.07, 6.45) is 7.81. The van der Waals surface area contributed by atoms with E-state index in [1.54, 1.807) is 12.3 Å². The van der Waals surface area contributed by atoms with Crippen LogP contribution >= 0.6 is 0 Å². The molecule has 28 heavy (non-hydrogen) atoms. The van der Waals surface area contributed by atoms with Crippen LogP contribution < -0.4 is 0 Å². The van der Waals surface area contributed by atoms with Crippen LogP contribution in [0.5, 0.6) is 0 Å². The lowest BCUT2D eigenvalue weighted by atomic mass is 10.0. The Morgan fingerprint density at radius 2 is 1.57 bits per heavy atom. The molecule has 0 spiro atoms. The van der Waals surface area contributed by atoms with Gasteiger partial charge in [0.05, 0.1) is 5.69 Å². The largest absolute Gasteiger partial charge is 0.256 e. The maximum atomic E-state index is 14.6. The zero-order chi connectivity index (χ0) is 19.8. The number of nitrogens with zero attached hydrogens (tertiary/aromatic N) is 1. The Hall–Kier alpha value is -3.00. The van der Waals surface area contributed by atoms with Gasteiger partial charge in [0.25, 0.3) is 0 Å². The second-order valence-electron chi connectivity index (χ2n) is 6.94. The third kappa shape index (κ3) is 5.26. The number of allylic oxidation sites excluding steroid dienone is 1. The highest BCUT2D eigenvalue weighted by Gasteiger charge is 2.06. The summed E-state index contributed by atoms with van der Waals surface area (Å²) in [6.45, 7) is 5.91. The fraction of sp³-hybridized carbons (Fsp3) is 0.192. The fourth-order valence-corrected chi connectivity index (χ4v) is 3.15. The molecule has 1 nitrogen and oxygen atoms in total. The molecular formula is C26H26FN. The second-order valence-corrected chi connectivity index (χ2v) is 6.94. The molecule has 2 heteroatoms. The molecule has 0 aliphatic heterocycles. The van der Waals surface area contributed by atoms with Crippen molar-refractivity contribution in [2.24, 2.45) is 4.99 Å². The molecule has 0 atom stereocenters. The van der Waals surface area contributed by atoms with Crippen molar-refractivity contribution in [2.75, 3.05) is 0 Å². The minimum Gasteiger partial charge on any atom is -0.256 e. The highest BCUT2D eigenvalue weighted by atomic mass is 19.1. The van der Waals surface area contributed by atoms with Gasteiger partial charge in [-0.3, -0.25) is 4.99 Å². The van der Waals surface area contributed by atoms with Crippen molar-refractivity contribution in [3.05, 3.63) is 102 Å². The number of halogens is 1. The summed E-state index contributed by atoms with van der Waals surface area (Å²) in [5, 5.41) is 0. The summed E-state index contributed by atoms with van der Waals surface area (Å²) in [5.41, 5.74) is 5.66. The minimum atomic E-state index is -0.252. The Morgan fingerprint density at radius 1 is 0.893 bits per heavy atom. The second kappa shape index (κ2) is 9.80. The van der Waals surface area contributed by atoms with Crippen molar-refractivity contribution in [1.82, 2.24) is 0 Å². The van der Waals surface area contributed by atoms with E-state index in [1.165, 1.54) is 17.2 Å². The van der Waals surface area contributed by atoms with E-state index < -0.39 is 0 Å². The summed E-state index contributed by atoms with van der Waals surface area (Å²) in [7, 11) is 0.